The number of aryl methyl sites for hydroxylation is 3. The third-order valence-electron chi connectivity index (χ3n) is 3.68. The van der Waals surface area contributed by atoms with E-state index in [1.807, 2.05) is 26.8 Å². The first-order valence-corrected chi connectivity index (χ1v) is 9.40. The SMILES string of the molecule is Cc1ccc(Nc2nc(C)c(C(=O)NCCCOC(C)C)s2)c(C)c1. The zero-order valence-electron chi connectivity index (χ0n) is 15.6. The van der Waals surface area contributed by atoms with Crippen LogP contribution >= 0.6 is 11.3 Å². The molecule has 0 saturated heterocycles. The lowest BCUT2D eigenvalue weighted by molar-refractivity contribution is 0.0757. The highest BCUT2D eigenvalue weighted by atomic mass is 32.1. The number of nitrogens with zero attached hydrogens (tertiary/aromatic N) is 1. The predicted octanol–water partition coefficient (Wildman–Crippen LogP) is 4.36. The number of thiazole rings is 1. The van der Waals surface area contributed by atoms with Crippen LogP contribution in [0.25, 0.3) is 0 Å². The summed E-state index contributed by atoms with van der Waals surface area (Å²) in [4.78, 5) is 17.5. The molecule has 25 heavy (non-hydrogen) atoms. The van der Waals surface area contributed by atoms with E-state index in [-0.39, 0.29) is 12.0 Å². The number of hydrogen-bond acceptors (Lipinski definition) is 5. The molecule has 0 unspecified atom stereocenters. The second kappa shape index (κ2) is 8.97. The van der Waals surface area contributed by atoms with Crippen LogP contribution in [0.2, 0.25) is 0 Å². The molecule has 0 fully saturated rings. The van der Waals surface area contributed by atoms with Crippen molar-refractivity contribution in [1.29, 1.82) is 0 Å². The van der Waals surface area contributed by atoms with Gasteiger partial charge in [0.1, 0.15) is 4.88 Å². The van der Waals surface area contributed by atoms with E-state index in [1.165, 1.54) is 16.9 Å². The number of aromatic nitrogens is 1. The lowest BCUT2D eigenvalue weighted by Gasteiger charge is -2.08. The molecule has 2 aromatic rings. The third kappa shape index (κ3) is 5.83. The van der Waals surface area contributed by atoms with Crippen LogP contribution in [-0.2, 0) is 4.74 Å². The Bertz CT molecular complexity index is 725. The van der Waals surface area contributed by atoms with Gasteiger partial charge in [-0.3, -0.25) is 4.79 Å². The fourth-order valence-electron chi connectivity index (χ4n) is 2.40. The zero-order valence-corrected chi connectivity index (χ0v) is 16.4. The molecule has 0 spiro atoms. The van der Waals surface area contributed by atoms with Gasteiger partial charge in [-0.05, 0) is 52.7 Å². The van der Waals surface area contributed by atoms with Gasteiger partial charge in [0.05, 0.1) is 11.8 Å². The Hall–Kier alpha value is -1.92. The maximum atomic E-state index is 12.3. The normalized spacial score (nSPS) is 11.0. The van der Waals surface area contributed by atoms with E-state index in [9.17, 15) is 4.79 Å². The average Bonchev–Trinajstić information content (AvgIpc) is 2.90. The number of hydrogen-bond donors (Lipinski definition) is 2. The molecule has 136 valence electrons. The Morgan fingerprint density at radius 1 is 1.28 bits per heavy atom. The molecule has 0 bridgehead atoms. The van der Waals surface area contributed by atoms with E-state index in [1.54, 1.807) is 0 Å². The van der Waals surface area contributed by atoms with Gasteiger partial charge >= 0.3 is 0 Å². The summed E-state index contributed by atoms with van der Waals surface area (Å²) in [5.74, 6) is -0.0757. The van der Waals surface area contributed by atoms with Gasteiger partial charge in [0.2, 0.25) is 0 Å². The molecule has 1 amide bonds. The minimum Gasteiger partial charge on any atom is -0.379 e. The summed E-state index contributed by atoms with van der Waals surface area (Å²) < 4.78 is 5.47. The Morgan fingerprint density at radius 3 is 2.72 bits per heavy atom. The summed E-state index contributed by atoms with van der Waals surface area (Å²) in [5, 5.41) is 6.98. The van der Waals surface area contributed by atoms with E-state index < -0.39 is 0 Å². The molecule has 0 radical (unpaired) electrons. The van der Waals surface area contributed by atoms with E-state index in [0.29, 0.717) is 18.0 Å². The van der Waals surface area contributed by atoms with Crippen LogP contribution in [0.4, 0.5) is 10.8 Å². The molecule has 0 saturated carbocycles. The lowest BCUT2D eigenvalue weighted by Crippen LogP contribution is -2.25. The zero-order chi connectivity index (χ0) is 18.4. The minimum atomic E-state index is -0.0757. The Kier molecular flexibility index (Phi) is 6.96. The van der Waals surface area contributed by atoms with Crippen molar-refractivity contribution in [3.63, 3.8) is 0 Å². The molecule has 5 nitrogen and oxygen atoms in total. The summed E-state index contributed by atoms with van der Waals surface area (Å²) in [6.07, 6.45) is 1.02. The van der Waals surface area contributed by atoms with Crippen molar-refractivity contribution in [3.8, 4) is 0 Å². The van der Waals surface area contributed by atoms with Gasteiger partial charge in [-0.15, -0.1) is 0 Å². The van der Waals surface area contributed by atoms with Gasteiger partial charge in [0.15, 0.2) is 5.13 Å². The minimum absolute atomic E-state index is 0.0757. The van der Waals surface area contributed by atoms with Gasteiger partial charge in [-0.1, -0.05) is 29.0 Å². The van der Waals surface area contributed by atoms with Gasteiger partial charge in [0, 0.05) is 18.8 Å². The monoisotopic (exact) mass is 361 g/mol. The van der Waals surface area contributed by atoms with Crippen LogP contribution in [0.15, 0.2) is 18.2 Å². The number of amides is 1. The second-order valence-electron chi connectivity index (χ2n) is 6.41. The third-order valence-corrected chi connectivity index (χ3v) is 4.76. The number of carbonyl (C=O) groups excluding carboxylic acids is 1. The van der Waals surface area contributed by atoms with Crippen LogP contribution in [0.1, 0.15) is 46.8 Å². The van der Waals surface area contributed by atoms with Crippen LogP contribution in [0.5, 0.6) is 0 Å². The van der Waals surface area contributed by atoms with E-state index in [0.717, 1.165) is 28.5 Å². The topological polar surface area (TPSA) is 63.2 Å². The quantitative estimate of drug-likeness (QED) is 0.686. The maximum absolute atomic E-state index is 12.3. The Labute approximate surface area is 153 Å². The molecule has 1 heterocycles. The van der Waals surface area contributed by atoms with Crippen LogP contribution in [0, 0.1) is 20.8 Å². The highest BCUT2D eigenvalue weighted by Gasteiger charge is 2.15. The molecule has 0 aliphatic carbocycles. The molecule has 0 aliphatic heterocycles. The first-order valence-electron chi connectivity index (χ1n) is 8.58. The van der Waals surface area contributed by atoms with Gasteiger partial charge < -0.3 is 15.4 Å². The first kappa shape index (κ1) is 19.4. The molecule has 2 N–H and O–H groups in total. The van der Waals surface area contributed by atoms with Crippen LogP contribution < -0.4 is 10.6 Å². The van der Waals surface area contributed by atoms with E-state index >= 15 is 0 Å². The Balaban J connectivity index is 1.93. The molecule has 6 heteroatoms. The van der Waals surface area contributed by atoms with Gasteiger partial charge in [-0.25, -0.2) is 4.98 Å². The molecular formula is C19H27N3O2S. The van der Waals surface area contributed by atoms with Crippen LogP contribution in [0.3, 0.4) is 0 Å². The maximum Gasteiger partial charge on any atom is 0.263 e. The molecule has 1 aromatic heterocycles. The summed E-state index contributed by atoms with van der Waals surface area (Å²) in [7, 11) is 0. The van der Waals surface area contributed by atoms with Gasteiger partial charge in [0.25, 0.3) is 5.91 Å². The van der Waals surface area contributed by atoms with Crippen molar-refractivity contribution in [2.24, 2.45) is 0 Å². The standard InChI is InChI=1S/C19H27N3O2S/c1-12(2)24-10-6-9-20-18(23)17-15(5)21-19(25-17)22-16-8-7-13(3)11-14(16)4/h7-8,11-12H,6,9-10H2,1-5H3,(H,20,23)(H,21,22). The van der Waals surface area contributed by atoms with Crippen molar-refractivity contribution in [2.45, 2.75) is 47.1 Å². The lowest BCUT2D eigenvalue weighted by atomic mass is 10.1. The fourth-order valence-corrected chi connectivity index (χ4v) is 3.30. The summed E-state index contributed by atoms with van der Waals surface area (Å²) in [6.45, 7) is 11.2. The van der Waals surface area contributed by atoms with Crippen LogP contribution in [-0.4, -0.2) is 30.1 Å². The summed E-state index contributed by atoms with van der Waals surface area (Å²) in [5.41, 5.74) is 4.13. The highest BCUT2D eigenvalue weighted by Crippen LogP contribution is 2.27. The van der Waals surface area contributed by atoms with Gasteiger partial charge in [-0.2, -0.15) is 0 Å². The number of anilines is 2. The molecular weight excluding hydrogens is 334 g/mol. The van der Waals surface area contributed by atoms with Crippen molar-refractivity contribution in [3.05, 3.63) is 39.9 Å². The number of ether oxygens (including phenoxy) is 1. The molecule has 0 aliphatic rings. The number of rotatable bonds is 8. The predicted molar refractivity (Wildman–Crippen MR) is 104 cm³/mol. The summed E-state index contributed by atoms with van der Waals surface area (Å²) >= 11 is 1.38. The second-order valence-corrected chi connectivity index (χ2v) is 7.40. The number of carbonyl (C=O) groups is 1. The molecule has 0 atom stereocenters. The van der Waals surface area contributed by atoms with Crippen molar-refractivity contribution < 1.29 is 9.53 Å². The van der Waals surface area contributed by atoms with Crippen molar-refractivity contribution in [1.82, 2.24) is 10.3 Å². The van der Waals surface area contributed by atoms with E-state index in [4.69, 9.17) is 4.74 Å². The van der Waals surface area contributed by atoms with E-state index in [2.05, 4.69) is 41.6 Å². The largest absolute Gasteiger partial charge is 0.379 e. The summed E-state index contributed by atoms with van der Waals surface area (Å²) in [6, 6.07) is 6.22. The molecule has 2 rings (SSSR count). The molecule has 1 aromatic carbocycles. The number of benzene rings is 1. The Morgan fingerprint density at radius 2 is 2.04 bits per heavy atom. The number of nitrogens with one attached hydrogen (secondary N) is 2. The fraction of sp³-hybridized carbons (Fsp3) is 0.474. The highest BCUT2D eigenvalue weighted by molar-refractivity contribution is 7.17. The van der Waals surface area contributed by atoms with Crippen molar-refractivity contribution >= 4 is 28.1 Å². The van der Waals surface area contributed by atoms with Crippen molar-refractivity contribution in [2.75, 3.05) is 18.5 Å². The average molecular weight is 362 g/mol. The first-order chi connectivity index (χ1) is 11.9. The smallest absolute Gasteiger partial charge is 0.263 e.